The van der Waals surface area contributed by atoms with Crippen LogP contribution in [0, 0.1) is 17.5 Å². The lowest BCUT2D eigenvalue weighted by atomic mass is 9.95. The SMILES string of the molecule is COc1ccc(C[C@@H]2NC(=O)[C@@H]([C@H](C)O)NC(=O)[C@H]3CCCN3C(=O)[C@H](Cc3c[nH]c4ccc(F)cc34)NC(=O)[C@H](Cc3c[nH]c4ccc(F)cc34)NC(=O)[C@@H](C)NC(=O)[C@H](CCCCN)NC(=O)CCSCc3cc(F)cc(c3)CSCCNC(=O)[C@]3(C)CCCN3C2=O)cc1. The Morgan fingerprint density at radius 3 is 1.90 bits per heavy atom. The molecule has 6 aromatic rings. The number of H-pyrrole nitrogens is 2. The molecule has 2 saturated heterocycles. The van der Waals surface area contributed by atoms with Gasteiger partial charge in [0.05, 0.1) is 13.2 Å². The molecule has 3 aliphatic heterocycles. The molecule has 2 aromatic heterocycles. The fraction of sp³-hybridized carbons (Fsp3) is 0.464. The third kappa shape index (κ3) is 18.7. The van der Waals surface area contributed by atoms with E-state index >= 15 is 18.8 Å². The molecule has 4 aromatic carbocycles. The number of hydrogen-bond acceptors (Lipinski definition) is 14. The normalized spacial score (nSPS) is 24.3. The van der Waals surface area contributed by atoms with Crippen LogP contribution in [0.3, 0.4) is 0 Å². The molecule has 520 valence electrons. The van der Waals surface area contributed by atoms with Crippen LogP contribution in [0.25, 0.3) is 21.8 Å². The van der Waals surface area contributed by atoms with Crippen molar-refractivity contribution < 1.29 is 66.2 Å². The van der Waals surface area contributed by atoms with Gasteiger partial charge in [0, 0.05) is 103 Å². The van der Waals surface area contributed by atoms with E-state index in [-0.39, 0.29) is 64.6 Å². The number of nitrogens with one attached hydrogen (secondary N) is 9. The zero-order valence-electron chi connectivity index (χ0n) is 54.7. The molecule has 0 radical (unpaired) electrons. The average Bonchev–Trinajstić information content (AvgIpc) is 1.71. The number of carbonyl (C=O) groups is 9. The number of nitrogens with zero attached hydrogens (tertiary/aromatic N) is 2. The highest BCUT2D eigenvalue weighted by Gasteiger charge is 2.48. The number of aliphatic hydroxyl groups excluding tert-OH is 1. The fourth-order valence-electron chi connectivity index (χ4n) is 12.7. The summed E-state index contributed by atoms with van der Waals surface area (Å²) in [4.78, 5) is 140. The summed E-state index contributed by atoms with van der Waals surface area (Å²) < 4.78 is 50.3. The number of carbonyl (C=O) groups excluding carboxylic acids is 9. The molecule has 23 nitrogen and oxygen atoms in total. The highest BCUT2D eigenvalue weighted by molar-refractivity contribution is 7.98. The van der Waals surface area contributed by atoms with Crippen molar-refractivity contribution in [3.8, 4) is 5.75 Å². The number of ether oxygens (including phenoxy) is 1. The van der Waals surface area contributed by atoms with Crippen molar-refractivity contribution in [1.82, 2.24) is 57.0 Å². The molecule has 12 N–H and O–H groups in total. The molecule has 3 aliphatic rings. The number of hydrogen-bond donors (Lipinski definition) is 11. The van der Waals surface area contributed by atoms with Gasteiger partial charge in [-0.2, -0.15) is 23.5 Å². The maximum Gasteiger partial charge on any atom is 0.246 e. The van der Waals surface area contributed by atoms with Gasteiger partial charge >= 0.3 is 0 Å². The van der Waals surface area contributed by atoms with Crippen LogP contribution in [0.1, 0.15) is 100.0 Å². The van der Waals surface area contributed by atoms with Crippen LogP contribution in [-0.4, -0.2) is 177 Å². The van der Waals surface area contributed by atoms with E-state index in [1.54, 1.807) is 37.4 Å². The highest BCUT2D eigenvalue weighted by Crippen LogP contribution is 2.32. The van der Waals surface area contributed by atoms with E-state index in [9.17, 15) is 42.7 Å². The Kier molecular flexibility index (Phi) is 25.2. The number of fused-ring (bicyclic) bond motifs is 6. The third-order valence-electron chi connectivity index (χ3n) is 18.0. The monoisotopic (exact) mass is 1380 g/mol. The summed E-state index contributed by atoms with van der Waals surface area (Å²) in [6, 6.07) is 9.54. The van der Waals surface area contributed by atoms with Crippen LogP contribution < -0.4 is 47.7 Å². The van der Waals surface area contributed by atoms with E-state index in [0.717, 1.165) is 0 Å². The van der Waals surface area contributed by atoms with E-state index in [0.29, 0.717) is 111 Å². The minimum atomic E-state index is -1.71. The first-order valence-corrected chi connectivity index (χ1v) is 35.0. The van der Waals surface area contributed by atoms with Crippen molar-refractivity contribution in [2.75, 3.05) is 44.8 Å². The molecule has 0 spiro atoms. The number of aromatic nitrogens is 2. The predicted octanol–water partition coefficient (Wildman–Crippen LogP) is 4.60. The highest BCUT2D eigenvalue weighted by atomic mass is 32.2. The maximum absolute atomic E-state index is 15.4. The van der Waals surface area contributed by atoms with Gasteiger partial charge in [-0.15, -0.1) is 0 Å². The molecule has 2 bridgehead atoms. The minimum absolute atomic E-state index is 0.0127. The molecule has 97 heavy (non-hydrogen) atoms. The number of benzene rings is 4. The number of aromatic amines is 2. The fourth-order valence-corrected chi connectivity index (χ4v) is 14.3. The number of thioether (sulfide) groups is 2. The van der Waals surface area contributed by atoms with Crippen LogP contribution in [0.2, 0.25) is 0 Å². The molecular weight excluding hydrogens is 1290 g/mol. The van der Waals surface area contributed by atoms with E-state index in [2.05, 4.69) is 47.2 Å². The Balaban J connectivity index is 1.03. The first-order valence-electron chi connectivity index (χ1n) is 32.7. The Labute approximate surface area is 568 Å². The van der Waals surface area contributed by atoms with E-state index in [1.807, 2.05) is 6.07 Å². The largest absolute Gasteiger partial charge is 0.497 e. The molecule has 28 heteroatoms. The molecule has 9 rings (SSSR count). The number of amides is 9. The summed E-state index contributed by atoms with van der Waals surface area (Å²) in [5.41, 5.74) is 8.17. The Morgan fingerprint density at radius 1 is 0.649 bits per heavy atom. The Hall–Kier alpha value is -8.60. The summed E-state index contributed by atoms with van der Waals surface area (Å²) >= 11 is 2.85. The zero-order chi connectivity index (χ0) is 69.5. The minimum Gasteiger partial charge on any atom is -0.497 e. The van der Waals surface area contributed by atoms with E-state index in [4.69, 9.17) is 10.5 Å². The first-order chi connectivity index (χ1) is 46.5. The zero-order valence-corrected chi connectivity index (χ0v) is 56.3. The van der Waals surface area contributed by atoms with E-state index in [1.165, 1.54) is 109 Å². The number of unbranched alkanes of at least 4 members (excludes halogenated alkanes) is 1. The van der Waals surface area contributed by atoms with Crippen molar-refractivity contribution in [3.05, 3.63) is 137 Å². The second-order valence-electron chi connectivity index (χ2n) is 25.1. The van der Waals surface area contributed by atoms with Gasteiger partial charge in [0.2, 0.25) is 53.2 Å². The lowest BCUT2D eigenvalue weighted by Crippen LogP contribution is -2.63. The van der Waals surface area contributed by atoms with Gasteiger partial charge in [0.25, 0.3) is 0 Å². The van der Waals surface area contributed by atoms with Crippen LogP contribution in [0.4, 0.5) is 13.2 Å². The van der Waals surface area contributed by atoms with Gasteiger partial charge < -0.3 is 72.6 Å². The van der Waals surface area contributed by atoms with Gasteiger partial charge in [0.1, 0.15) is 71.0 Å². The van der Waals surface area contributed by atoms with Crippen molar-refractivity contribution in [2.24, 2.45) is 5.73 Å². The number of rotatable bonds is 12. The van der Waals surface area contributed by atoms with Crippen LogP contribution in [0.5, 0.6) is 5.75 Å². The molecule has 0 unspecified atom stereocenters. The van der Waals surface area contributed by atoms with Crippen molar-refractivity contribution in [2.45, 2.75) is 157 Å². The van der Waals surface area contributed by atoms with Crippen LogP contribution in [-0.2, 0) is 73.9 Å². The van der Waals surface area contributed by atoms with Gasteiger partial charge in [-0.25, -0.2) is 13.2 Å². The topological polar surface area (TPSA) is 331 Å². The summed E-state index contributed by atoms with van der Waals surface area (Å²) in [6.07, 6.45) is 2.98. The smallest absolute Gasteiger partial charge is 0.246 e. The molecule has 0 saturated carbocycles. The van der Waals surface area contributed by atoms with Crippen molar-refractivity contribution in [1.29, 1.82) is 0 Å². The average molecular weight is 1380 g/mol. The molecule has 2 fully saturated rings. The van der Waals surface area contributed by atoms with Gasteiger partial charge in [0.15, 0.2) is 0 Å². The molecule has 0 aliphatic carbocycles. The summed E-state index contributed by atoms with van der Waals surface area (Å²) in [5, 5.41) is 31.4. The van der Waals surface area contributed by atoms with Gasteiger partial charge in [-0.3, -0.25) is 43.2 Å². The van der Waals surface area contributed by atoms with Crippen LogP contribution >= 0.6 is 23.5 Å². The Bertz CT molecular complexity index is 3840. The summed E-state index contributed by atoms with van der Waals surface area (Å²) in [7, 11) is 1.50. The number of methoxy groups -OCH3 is 1. The van der Waals surface area contributed by atoms with Crippen molar-refractivity contribution in [3.63, 3.8) is 0 Å². The third-order valence-corrected chi connectivity index (χ3v) is 20.0. The van der Waals surface area contributed by atoms with Crippen molar-refractivity contribution >= 4 is 98.5 Å². The lowest BCUT2D eigenvalue weighted by Gasteiger charge is -2.37. The van der Waals surface area contributed by atoms with Crippen LogP contribution in [0.15, 0.2) is 91.3 Å². The summed E-state index contributed by atoms with van der Waals surface area (Å²) in [5.74, 6) is -6.20. The molecule has 9 amide bonds. The van der Waals surface area contributed by atoms with Gasteiger partial charge in [-0.05, 0) is 161 Å². The Morgan fingerprint density at radius 2 is 1.26 bits per heavy atom. The predicted molar refractivity (Wildman–Crippen MR) is 363 cm³/mol. The first kappa shape index (κ1) is 72.7. The number of aliphatic hydroxyl groups is 1. The quantitative estimate of drug-likeness (QED) is 0.0747. The number of nitrogens with two attached hydrogens (primary N) is 1. The molecule has 5 heterocycles. The maximum atomic E-state index is 15.4. The van der Waals surface area contributed by atoms with Gasteiger partial charge in [-0.1, -0.05) is 18.2 Å². The second kappa shape index (κ2) is 33.6. The summed E-state index contributed by atoms with van der Waals surface area (Å²) in [6.45, 7) is 4.94. The molecular formula is C69H85F3N12O11S2. The molecule has 9 atom stereocenters. The second-order valence-corrected chi connectivity index (χ2v) is 27.4. The standard InChI is InChI=1S/C69H85F3N12O11S2/c1-39-61(87)79-55(31-44-35-75-52-17-13-46(70)33-50(44)52)63(89)80-57(32-45-36-76-53-18-14-47(71)34-51(45)53)66(92)83-23-7-10-58(83)64(90)82-60(40(2)85)65(91)81-56(30-41-11-15-49(95-4)16-12-41)67(93)84-24-8-20-69(84,3)68(94)74-22-26-97-38-43-27-42(28-48(72)29-43)37-96-25-19-59(86)78-54(62(88)77-39)9-5-6-21-73/h11-18,27-29,33-36,39-40,54-58,60,75-76,85H,5-10,19-26,30-32,37-38,73H2,1-4H3,(H,74,94)(H,77,88)(H,78,86)(H,79,87)(H,80,89)(H,81,91)(H,82,90)/t39-,40+,54+,55+,56+,57+,58-,60-,69+/m1/s1. The number of halogens is 3. The lowest BCUT2D eigenvalue weighted by molar-refractivity contribution is -0.147. The van der Waals surface area contributed by atoms with E-state index < -0.39 is 125 Å².